The van der Waals surface area contributed by atoms with E-state index in [9.17, 15) is 12.8 Å². The molecule has 0 atom stereocenters. The predicted octanol–water partition coefficient (Wildman–Crippen LogP) is 1.90. The van der Waals surface area contributed by atoms with E-state index in [0.717, 1.165) is 6.07 Å². The second kappa shape index (κ2) is 8.65. The summed E-state index contributed by atoms with van der Waals surface area (Å²) >= 11 is 5.88. The zero-order valence-electron chi connectivity index (χ0n) is 12.1. The lowest BCUT2D eigenvalue weighted by atomic mass is 10.2. The van der Waals surface area contributed by atoms with E-state index in [2.05, 4.69) is 10.0 Å². The van der Waals surface area contributed by atoms with Gasteiger partial charge in [-0.1, -0.05) is 18.5 Å². The summed E-state index contributed by atoms with van der Waals surface area (Å²) in [6, 6.07) is 2.52. The fourth-order valence-corrected chi connectivity index (χ4v) is 3.13. The van der Waals surface area contributed by atoms with Crippen molar-refractivity contribution >= 4 is 21.6 Å². The Morgan fingerprint density at radius 3 is 2.67 bits per heavy atom. The highest BCUT2D eigenvalue weighted by molar-refractivity contribution is 7.89. The first-order valence-electron chi connectivity index (χ1n) is 6.68. The number of hydrogen-bond acceptors (Lipinski definition) is 4. The van der Waals surface area contributed by atoms with E-state index in [1.807, 2.05) is 6.92 Å². The van der Waals surface area contributed by atoms with Crippen molar-refractivity contribution in [3.63, 3.8) is 0 Å². The molecule has 0 saturated carbocycles. The smallest absolute Gasteiger partial charge is 0.243 e. The first-order valence-corrected chi connectivity index (χ1v) is 8.54. The van der Waals surface area contributed by atoms with Crippen molar-refractivity contribution in [3.8, 4) is 0 Å². The molecule has 0 unspecified atom stereocenters. The SMILES string of the molecule is CCNCc1cc(Cl)cc(S(=O)(=O)NCCOCC)c1F. The molecule has 0 radical (unpaired) electrons. The third kappa shape index (κ3) is 5.52. The number of halogens is 2. The topological polar surface area (TPSA) is 67.4 Å². The number of rotatable bonds is 9. The van der Waals surface area contributed by atoms with Crippen LogP contribution >= 0.6 is 11.6 Å². The van der Waals surface area contributed by atoms with Crippen LogP contribution < -0.4 is 10.0 Å². The van der Waals surface area contributed by atoms with Crippen LogP contribution in [0.5, 0.6) is 0 Å². The minimum Gasteiger partial charge on any atom is -0.380 e. The van der Waals surface area contributed by atoms with E-state index >= 15 is 0 Å². The Morgan fingerprint density at radius 2 is 2.05 bits per heavy atom. The fraction of sp³-hybridized carbons (Fsp3) is 0.538. The second-order valence-electron chi connectivity index (χ2n) is 4.25. The normalized spacial score (nSPS) is 11.8. The van der Waals surface area contributed by atoms with Gasteiger partial charge in [0.05, 0.1) is 6.61 Å². The quantitative estimate of drug-likeness (QED) is 0.675. The summed E-state index contributed by atoms with van der Waals surface area (Å²) in [5, 5.41) is 3.11. The number of sulfonamides is 1. The summed E-state index contributed by atoms with van der Waals surface area (Å²) in [5.41, 5.74) is 0.217. The van der Waals surface area contributed by atoms with Gasteiger partial charge in [-0.3, -0.25) is 0 Å². The maximum atomic E-state index is 14.3. The molecule has 120 valence electrons. The molecule has 1 rings (SSSR count). The standard InChI is InChI=1S/C13H20ClFN2O3S/c1-3-16-9-10-7-11(14)8-12(13(10)15)21(18,19)17-5-6-20-4-2/h7-8,16-17H,3-6,9H2,1-2H3. The monoisotopic (exact) mass is 338 g/mol. The van der Waals surface area contributed by atoms with Gasteiger partial charge in [-0.2, -0.15) is 0 Å². The molecule has 0 bridgehead atoms. The van der Waals surface area contributed by atoms with Crippen LogP contribution in [0.3, 0.4) is 0 Å². The Kier molecular flexibility index (Phi) is 7.55. The maximum Gasteiger partial charge on any atom is 0.243 e. The Balaban J connectivity index is 2.97. The van der Waals surface area contributed by atoms with Gasteiger partial charge in [-0.15, -0.1) is 0 Å². The van der Waals surface area contributed by atoms with E-state index in [1.54, 1.807) is 6.92 Å². The molecule has 0 saturated heterocycles. The minimum atomic E-state index is -3.96. The molecule has 8 heteroatoms. The lowest BCUT2D eigenvalue weighted by Gasteiger charge is -2.11. The summed E-state index contributed by atoms with van der Waals surface area (Å²) in [6.45, 7) is 5.31. The molecule has 21 heavy (non-hydrogen) atoms. The first-order chi connectivity index (χ1) is 9.92. The Morgan fingerprint density at radius 1 is 1.33 bits per heavy atom. The number of nitrogens with one attached hydrogen (secondary N) is 2. The molecule has 1 aromatic rings. The summed E-state index contributed by atoms with van der Waals surface area (Å²) in [5.74, 6) is -0.788. The van der Waals surface area contributed by atoms with Crippen molar-refractivity contribution in [3.05, 3.63) is 28.5 Å². The highest BCUT2D eigenvalue weighted by atomic mass is 35.5. The van der Waals surface area contributed by atoms with E-state index < -0.39 is 20.7 Å². The van der Waals surface area contributed by atoms with E-state index in [4.69, 9.17) is 16.3 Å². The van der Waals surface area contributed by atoms with Gasteiger partial charge in [-0.05, 0) is 25.6 Å². The summed E-state index contributed by atoms with van der Waals surface area (Å²) in [6.07, 6.45) is 0. The van der Waals surface area contributed by atoms with Gasteiger partial charge in [0.15, 0.2) is 0 Å². The van der Waals surface area contributed by atoms with Crippen LogP contribution in [0.4, 0.5) is 4.39 Å². The predicted molar refractivity (Wildman–Crippen MR) is 80.5 cm³/mol. The molecule has 0 heterocycles. The third-order valence-corrected chi connectivity index (χ3v) is 4.36. The molecule has 0 spiro atoms. The van der Waals surface area contributed by atoms with Gasteiger partial charge in [0.25, 0.3) is 0 Å². The van der Waals surface area contributed by atoms with Crippen LogP contribution in [-0.2, 0) is 21.3 Å². The highest BCUT2D eigenvalue weighted by Gasteiger charge is 2.22. The van der Waals surface area contributed by atoms with Gasteiger partial charge < -0.3 is 10.1 Å². The van der Waals surface area contributed by atoms with Gasteiger partial charge in [0.1, 0.15) is 10.7 Å². The summed E-state index contributed by atoms with van der Waals surface area (Å²) < 4.78 is 45.8. The average molecular weight is 339 g/mol. The molecule has 0 aliphatic rings. The number of hydrogen-bond donors (Lipinski definition) is 2. The van der Waals surface area contributed by atoms with Gasteiger partial charge in [-0.25, -0.2) is 17.5 Å². The van der Waals surface area contributed by atoms with Crippen LogP contribution in [0.1, 0.15) is 19.4 Å². The van der Waals surface area contributed by atoms with E-state index in [-0.39, 0.29) is 30.3 Å². The molecule has 2 N–H and O–H groups in total. The number of benzene rings is 1. The zero-order chi connectivity index (χ0) is 15.9. The second-order valence-corrected chi connectivity index (χ2v) is 6.42. The molecule has 0 amide bonds. The minimum absolute atomic E-state index is 0.0741. The Labute approximate surface area is 129 Å². The van der Waals surface area contributed by atoms with Crippen LogP contribution in [0.25, 0.3) is 0 Å². The van der Waals surface area contributed by atoms with Gasteiger partial charge >= 0.3 is 0 Å². The maximum absolute atomic E-state index is 14.3. The lowest BCUT2D eigenvalue weighted by Crippen LogP contribution is -2.28. The molecule has 0 aromatic heterocycles. The Bertz CT molecular complexity index is 567. The molecule has 0 aliphatic heterocycles. The van der Waals surface area contributed by atoms with E-state index in [1.165, 1.54) is 6.07 Å². The van der Waals surface area contributed by atoms with Crippen molar-refractivity contribution in [1.29, 1.82) is 0 Å². The first kappa shape index (κ1) is 18.3. The third-order valence-electron chi connectivity index (χ3n) is 2.68. The highest BCUT2D eigenvalue weighted by Crippen LogP contribution is 2.23. The van der Waals surface area contributed by atoms with Crippen LogP contribution in [0.2, 0.25) is 5.02 Å². The molecule has 1 aromatic carbocycles. The van der Waals surface area contributed by atoms with E-state index in [0.29, 0.717) is 13.2 Å². The largest absolute Gasteiger partial charge is 0.380 e. The van der Waals surface area contributed by atoms with Crippen LogP contribution in [-0.4, -0.2) is 34.7 Å². The fourth-order valence-electron chi connectivity index (χ4n) is 1.67. The molecular weight excluding hydrogens is 319 g/mol. The number of ether oxygens (including phenoxy) is 1. The average Bonchev–Trinajstić information content (AvgIpc) is 2.44. The van der Waals surface area contributed by atoms with Crippen molar-refractivity contribution in [2.24, 2.45) is 0 Å². The lowest BCUT2D eigenvalue weighted by molar-refractivity contribution is 0.153. The van der Waals surface area contributed by atoms with Crippen LogP contribution in [0.15, 0.2) is 17.0 Å². The van der Waals surface area contributed by atoms with Crippen molar-refractivity contribution < 1.29 is 17.5 Å². The van der Waals surface area contributed by atoms with Gasteiger partial charge in [0, 0.05) is 30.3 Å². The summed E-state index contributed by atoms with van der Waals surface area (Å²) in [4.78, 5) is -0.445. The van der Waals surface area contributed by atoms with Crippen LogP contribution in [0, 0.1) is 5.82 Å². The van der Waals surface area contributed by atoms with Crippen molar-refractivity contribution in [1.82, 2.24) is 10.0 Å². The van der Waals surface area contributed by atoms with Gasteiger partial charge in [0.2, 0.25) is 10.0 Å². The van der Waals surface area contributed by atoms with Crippen molar-refractivity contribution in [2.75, 3.05) is 26.3 Å². The Hall–Kier alpha value is -0.730. The molecule has 5 nitrogen and oxygen atoms in total. The molecular formula is C13H20ClFN2O3S. The molecule has 0 fully saturated rings. The van der Waals surface area contributed by atoms with Crippen molar-refractivity contribution in [2.45, 2.75) is 25.3 Å². The summed E-state index contributed by atoms with van der Waals surface area (Å²) in [7, 11) is -3.96. The molecule has 0 aliphatic carbocycles. The zero-order valence-corrected chi connectivity index (χ0v) is 13.7.